The Morgan fingerprint density at radius 3 is 1.75 bits per heavy atom. The molecule has 0 bridgehead atoms. The van der Waals surface area contributed by atoms with E-state index in [2.05, 4.69) is 0 Å². The lowest BCUT2D eigenvalue weighted by molar-refractivity contribution is 0.707. The van der Waals surface area contributed by atoms with Gasteiger partial charge < -0.3 is 5.73 Å². The fraction of sp³-hybridized carbons (Fsp3) is 0.0625. The maximum absolute atomic E-state index is 12.4. The number of hydrogen-bond donors (Lipinski definition) is 1. The van der Waals surface area contributed by atoms with Gasteiger partial charge in [-0.3, -0.25) is 4.79 Å². The van der Waals surface area contributed by atoms with Crippen molar-refractivity contribution in [2.75, 3.05) is 5.73 Å². The summed E-state index contributed by atoms with van der Waals surface area (Å²) in [5.74, 6) is 0. The Hall–Kier alpha value is -2.75. The van der Waals surface area contributed by atoms with Crippen molar-refractivity contribution in [3.05, 3.63) is 76.7 Å². The van der Waals surface area contributed by atoms with Crippen molar-refractivity contribution in [1.29, 1.82) is 0 Å². The molecule has 2 N–H and O–H groups in total. The molecule has 1 heterocycles. The molecule has 4 heteroatoms. The van der Waals surface area contributed by atoms with Crippen molar-refractivity contribution in [3.8, 4) is 11.4 Å². The summed E-state index contributed by atoms with van der Waals surface area (Å²) in [5, 5.41) is 0. The molecule has 2 aromatic carbocycles. The van der Waals surface area contributed by atoms with Crippen LogP contribution in [0.25, 0.3) is 11.4 Å². The summed E-state index contributed by atoms with van der Waals surface area (Å²) < 4.78 is 3.44. The van der Waals surface area contributed by atoms with Crippen LogP contribution in [-0.4, -0.2) is 9.36 Å². The zero-order valence-corrected chi connectivity index (χ0v) is 11.2. The molecule has 0 aliphatic rings. The van der Waals surface area contributed by atoms with E-state index in [0.29, 0.717) is 0 Å². The number of anilines is 1. The highest BCUT2D eigenvalue weighted by atomic mass is 16.1. The fourth-order valence-electron chi connectivity index (χ4n) is 2.30. The smallest absolute Gasteiger partial charge is 0.295 e. The molecule has 1 aromatic heterocycles. The minimum Gasteiger partial charge on any atom is -0.393 e. The van der Waals surface area contributed by atoms with E-state index in [1.807, 2.05) is 72.3 Å². The second kappa shape index (κ2) is 4.74. The van der Waals surface area contributed by atoms with Gasteiger partial charge in [0.15, 0.2) is 0 Å². The largest absolute Gasteiger partial charge is 0.393 e. The van der Waals surface area contributed by atoms with Crippen molar-refractivity contribution >= 4 is 5.69 Å². The number of benzene rings is 2. The molecular weight excluding hydrogens is 250 g/mol. The Bertz CT molecular complexity index is 786. The molecule has 0 spiro atoms. The number of nitrogens with zero attached hydrogens (tertiary/aromatic N) is 2. The minimum absolute atomic E-state index is 0.197. The summed E-state index contributed by atoms with van der Waals surface area (Å²) in [4.78, 5) is 12.4. The maximum atomic E-state index is 12.4. The third kappa shape index (κ3) is 1.82. The maximum Gasteiger partial charge on any atom is 0.295 e. The molecule has 100 valence electrons. The van der Waals surface area contributed by atoms with E-state index in [1.54, 1.807) is 4.68 Å². The van der Waals surface area contributed by atoms with E-state index in [-0.39, 0.29) is 11.2 Å². The third-order valence-electron chi connectivity index (χ3n) is 3.33. The highest BCUT2D eigenvalue weighted by molar-refractivity contribution is 5.49. The van der Waals surface area contributed by atoms with Crippen LogP contribution in [0.5, 0.6) is 0 Å². The molecule has 0 saturated heterocycles. The van der Waals surface area contributed by atoms with Gasteiger partial charge in [-0.1, -0.05) is 36.4 Å². The van der Waals surface area contributed by atoms with Crippen LogP contribution in [-0.2, 0) is 0 Å². The number of nitrogen functional groups attached to an aromatic ring is 1. The molecule has 4 nitrogen and oxygen atoms in total. The van der Waals surface area contributed by atoms with E-state index in [4.69, 9.17) is 5.73 Å². The van der Waals surface area contributed by atoms with Crippen LogP contribution < -0.4 is 11.3 Å². The first-order valence-corrected chi connectivity index (χ1v) is 6.41. The Morgan fingerprint density at radius 2 is 1.25 bits per heavy atom. The summed E-state index contributed by atoms with van der Waals surface area (Å²) in [6.07, 6.45) is 0. The van der Waals surface area contributed by atoms with Gasteiger partial charge in [-0.25, -0.2) is 9.36 Å². The first-order valence-electron chi connectivity index (χ1n) is 6.41. The number of hydrogen-bond acceptors (Lipinski definition) is 2. The lowest BCUT2D eigenvalue weighted by Crippen LogP contribution is -2.21. The normalized spacial score (nSPS) is 10.7. The van der Waals surface area contributed by atoms with Crippen LogP contribution in [0.1, 0.15) is 5.69 Å². The monoisotopic (exact) mass is 265 g/mol. The van der Waals surface area contributed by atoms with Gasteiger partial charge in [0, 0.05) is 0 Å². The van der Waals surface area contributed by atoms with Gasteiger partial charge in [0.2, 0.25) is 0 Å². The van der Waals surface area contributed by atoms with E-state index in [0.717, 1.165) is 17.1 Å². The van der Waals surface area contributed by atoms with E-state index < -0.39 is 0 Å². The summed E-state index contributed by atoms with van der Waals surface area (Å²) in [6.45, 7) is 1.85. The van der Waals surface area contributed by atoms with Gasteiger partial charge in [0.25, 0.3) is 5.56 Å². The van der Waals surface area contributed by atoms with Gasteiger partial charge >= 0.3 is 0 Å². The van der Waals surface area contributed by atoms with Crippen molar-refractivity contribution in [2.45, 2.75) is 6.92 Å². The number of aromatic nitrogens is 2. The molecule has 0 fully saturated rings. The minimum atomic E-state index is -0.197. The van der Waals surface area contributed by atoms with Gasteiger partial charge in [-0.2, -0.15) is 0 Å². The molecule has 3 rings (SSSR count). The predicted octanol–water partition coefficient (Wildman–Crippen LogP) is 2.52. The molecule has 0 radical (unpaired) electrons. The van der Waals surface area contributed by atoms with Crippen LogP contribution in [0.3, 0.4) is 0 Å². The van der Waals surface area contributed by atoms with Crippen molar-refractivity contribution in [2.24, 2.45) is 0 Å². The van der Waals surface area contributed by atoms with Crippen LogP contribution in [0, 0.1) is 6.92 Å². The first kappa shape index (κ1) is 12.3. The van der Waals surface area contributed by atoms with Gasteiger partial charge in [0.1, 0.15) is 5.69 Å². The summed E-state index contributed by atoms with van der Waals surface area (Å²) >= 11 is 0. The number of para-hydroxylation sites is 2. The Morgan fingerprint density at radius 1 is 0.800 bits per heavy atom. The average molecular weight is 265 g/mol. The molecular formula is C16H15N3O. The Balaban J connectivity index is 2.36. The molecule has 0 aliphatic carbocycles. The average Bonchev–Trinajstić information content (AvgIpc) is 2.73. The molecule has 0 aliphatic heterocycles. The molecule has 20 heavy (non-hydrogen) atoms. The van der Waals surface area contributed by atoms with E-state index in [9.17, 15) is 4.79 Å². The Labute approximate surface area is 116 Å². The molecule has 0 amide bonds. The highest BCUT2D eigenvalue weighted by Gasteiger charge is 2.16. The summed E-state index contributed by atoms with van der Waals surface area (Å²) in [7, 11) is 0. The van der Waals surface area contributed by atoms with Gasteiger partial charge in [0.05, 0.1) is 17.1 Å². The van der Waals surface area contributed by atoms with Crippen molar-refractivity contribution in [3.63, 3.8) is 0 Å². The second-order valence-corrected chi connectivity index (χ2v) is 4.60. The molecule has 3 aromatic rings. The molecule has 0 atom stereocenters. The summed E-state index contributed by atoms with van der Waals surface area (Å²) in [6, 6.07) is 19.2. The van der Waals surface area contributed by atoms with Crippen LogP contribution in [0.4, 0.5) is 5.69 Å². The van der Waals surface area contributed by atoms with Crippen LogP contribution in [0.2, 0.25) is 0 Å². The van der Waals surface area contributed by atoms with Crippen molar-refractivity contribution in [1.82, 2.24) is 9.36 Å². The van der Waals surface area contributed by atoms with Crippen LogP contribution >= 0.6 is 0 Å². The molecule has 0 saturated carbocycles. The fourth-order valence-corrected chi connectivity index (χ4v) is 2.30. The second-order valence-electron chi connectivity index (χ2n) is 4.60. The highest BCUT2D eigenvalue weighted by Crippen LogP contribution is 2.17. The lowest BCUT2D eigenvalue weighted by atomic mass is 10.3. The van der Waals surface area contributed by atoms with E-state index in [1.165, 1.54) is 0 Å². The standard InChI is InChI=1S/C16H15N3O/c1-12-15(17)16(20)19(14-10-6-3-7-11-14)18(12)13-8-4-2-5-9-13/h2-11H,17H2,1H3. The third-order valence-corrected chi connectivity index (χ3v) is 3.33. The quantitative estimate of drug-likeness (QED) is 0.774. The van der Waals surface area contributed by atoms with E-state index >= 15 is 0 Å². The van der Waals surface area contributed by atoms with Gasteiger partial charge in [-0.15, -0.1) is 0 Å². The summed E-state index contributed by atoms with van der Waals surface area (Å²) in [5.41, 5.74) is 8.44. The number of nitrogens with two attached hydrogens (primary N) is 1. The predicted molar refractivity (Wildman–Crippen MR) is 80.5 cm³/mol. The molecule has 0 unspecified atom stereocenters. The van der Waals surface area contributed by atoms with Crippen molar-refractivity contribution < 1.29 is 0 Å². The zero-order chi connectivity index (χ0) is 14.1. The first-order chi connectivity index (χ1) is 9.70. The lowest BCUT2D eigenvalue weighted by Gasteiger charge is -2.13. The van der Waals surface area contributed by atoms with Gasteiger partial charge in [-0.05, 0) is 31.2 Å². The Kier molecular flexibility index (Phi) is 2.91. The SMILES string of the molecule is Cc1c(N)c(=O)n(-c2ccccc2)n1-c1ccccc1. The topological polar surface area (TPSA) is 53.0 Å². The zero-order valence-electron chi connectivity index (χ0n) is 11.2. The van der Waals surface area contributed by atoms with Crippen LogP contribution in [0.15, 0.2) is 65.5 Å². The number of rotatable bonds is 2.